The number of hydrogen-bond acceptors (Lipinski definition) is 5. The lowest BCUT2D eigenvalue weighted by Crippen LogP contribution is -2.26. The van der Waals surface area contributed by atoms with Gasteiger partial charge >= 0.3 is 0 Å². The third-order valence-corrected chi connectivity index (χ3v) is 4.52. The van der Waals surface area contributed by atoms with E-state index in [9.17, 15) is 14.9 Å². The molecule has 2 N–H and O–H groups in total. The molecular formula is C13H12BrN3O3S. The number of nitrogens with zero attached hydrogens (tertiary/aromatic N) is 2. The highest BCUT2D eigenvalue weighted by Crippen LogP contribution is 2.24. The van der Waals surface area contributed by atoms with Gasteiger partial charge in [-0.3, -0.25) is 14.9 Å². The summed E-state index contributed by atoms with van der Waals surface area (Å²) in [5, 5.41) is 12.7. The molecule has 1 heterocycles. The van der Waals surface area contributed by atoms with Gasteiger partial charge in [0.15, 0.2) is 0 Å². The highest BCUT2D eigenvalue weighted by atomic mass is 79.9. The predicted octanol–water partition coefficient (Wildman–Crippen LogP) is 3.27. The molecule has 0 aliphatic carbocycles. The first-order valence-electron chi connectivity index (χ1n) is 5.91. The van der Waals surface area contributed by atoms with E-state index in [-0.39, 0.29) is 22.8 Å². The van der Waals surface area contributed by atoms with Crippen LogP contribution in [0.15, 0.2) is 34.1 Å². The number of halogens is 1. The Morgan fingerprint density at radius 1 is 1.48 bits per heavy atom. The van der Waals surface area contributed by atoms with Gasteiger partial charge in [0.2, 0.25) is 0 Å². The number of thiophene rings is 1. The SMILES string of the molecule is CN(Cc1cc(Br)cs1)C(=O)c1cc([N+](=O)[O-])ccc1N. The maximum absolute atomic E-state index is 12.4. The lowest BCUT2D eigenvalue weighted by Gasteiger charge is -2.17. The fourth-order valence-electron chi connectivity index (χ4n) is 1.79. The lowest BCUT2D eigenvalue weighted by atomic mass is 10.1. The van der Waals surface area contributed by atoms with Crippen LogP contribution >= 0.6 is 27.3 Å². The Labute approximate surface area is 133 Å². The number of non-ortho nitro benzene ring substituents is 1. The molecule has 0 aliphatic rings. The monoisotopic (exact) mass is 369 g/mol. The molecule has 0 atom stereocenters. The van der Waals surface area contributed by atoms with Crippen LogP contribution < -0.4 is 5.73 Å². The second-order valence-electron chi connectivity index (χ2n) is 4.42. The van der Waals surface area contributed by atoms with Crippen LogP contribution in [0.2, 0.25) is 0 Å². The van der Waals surface area contributed by atoms with Gasteiger partial charge in [0.1, 0.15) is 0 Å². The first-order valence-corrected chi connectivity index (χ1v) is 7.58. The third-order valence-electron chi connectivity index (χ3n) is 2.84. The molecule has 2 rings (SSSR count). The summed E-state index contributed by atoms with van der Waals surface area (Å²) < 4.78 is 0.957. The highest BCUT2D eigenvalue weighted by Gasteiger charge is 2.19. The van der Waals surface area contributed by atoms with Gasteiger partial charge in [0.05, 0.1) is 17.0 Å². The highest BCUT2D eigenvalue weighted by molar-refractivity contribution is 9.10. The van der Waals surface area contributed by atoms with Crippen molar-refractivity contribution in [1.29, 1.82) is 0 Å². The van der Waals surface area contributed by atoms with Crippen molar-refractivity contribution in [2.75, 3.05) is 12.8 Å². The molecule has 0 fully saturated rings. The van der Waals surface area contributed by atoms with E-state index < -0.39 is 4.92 Å². The summed E-state index contributed by atoms with van der Waals surface area (Å²) in [4.78, 5) is 25.1. The van der Waals surface area contributed by atoms with Gasteiger partial charge in [-0.05, 0) is 28.1 Å². The van der Waals surface area contributed by atoms with Crippen molar-refractivity contribution < 1.29 is 9.72 Å². The molecule has 0 aliphatic heterocycles. The van der Waals surface area contributed by atoms with Crippen molar-refractivity contribution in [3.05, 3.63) is 54.7 Å². The van der Waals surface area contributed by atoms with Crippen LogP contribution in [0.1, 0.15) is 15.2 Å². The second-order valence-corrected chi connectivity index (χ2v) is 6.33. The average molecular weight is 370 g/mol. The number of carbonyl (C=O) groups is 1. The van der Waals surface area contributed by atoms with E-state index in [1.807, 2.05) is 11.4 Å². The molecule has 1 aromatic heterocycles. The minimum Gasteiger partial charge on any atom is -0.398 e. The zero-order valence-electron chi connectivity index (χ0n) is 11.1. The standard InChI is InChI=1S/C13H12BrN3O3S/c1-16(6-10-4-8(14)7-21-10)13(18)11-5-9(17(19)20)2-3-12(11)15/h2-5,7H,6,15H2,1H3. The van der Waals surface area contributed by atoms with E-state index in [2.05, 4.69) is 15.9 Å². The van der Waals surface area contributed by atoms with E-state index >= 15 is 0 Å². The number of amides is 1. The molecule has 21 heavy (non-hydrogen) atoms. The Bertz CT molecular complexity index is 702. The predicted molar refractivity (Wildman–Crippen MR) is 85.3 cm³/mol. The number of rotatable bonds is 4. The number of nitrogens with two attached hydrogens (primary N) is 1. The van der Waals surface area contributed by atoms with Gasteiger partial charge in [-0.15, -0.1) is 11.3 Å². The molecule has 0 saturated carbocycles. The van der Waals surface area contributed by atoms with Crippen LogP contribution in [0, 0.1) is 10.1 Å². The average Bonchev–Trinajstić information content (AvgIpc) is 2.83. The molecule has 8 heteroatoms. The quantitative estimate of drug-likeness (QED) is 0.508. The van der Waals surface area contributed by atoms with Crippen LogP contribution in [0.25, 0.3) is 0 Å². The van der Waals surface area contributed by atoms with Crippen molar-refractivity contribution in [1.82, 2.24) is 4.90 Å². The number of hydrogen-bond donors (Lipinski definition) is 1. The van der Waals surface area contributed by atoms with Crippen LogP contribution in [0.4, 0.5) is 11.4 Å². The van der Waals surface area contributed by atoms with E-state index in [4.69, 9.17) is 5.73 Å². The van der Waals surface area contributed by atoms with Gasteiger partial charge in [0.25, 0.3) is 11.6 Å². The molecule has 0 saturated heterocycles. The Morgan fingerprint density at radius 2 is 2.19 bits per heavy atom. The molecule has 6 nitrogen and oxygen atoms in total. The number of benzene rings is 1. The first kappa shape index (κ1) is 15.5. The summed E-state index contributed by atoms with van der Waals surface area (Å²) in [6.45, 7) is 0.414. The van der Waals surface area contributed by atoms with E-state index in [0.717, 1.165) is 9.35 Å². The van der Waals surface area contributed by atoms with Gasteiger partial charge in [-0.2, -0.15) is 0 Å². The smallest absolute Gasteiger partial charge is 0.270 e. The number of nitrogen functional groups attached to an aromatic ring is 1. The molecule has 0 bridgehead atoms. The van der Waals surface area contributed by atoms with Gasteiger partial charge in [-0.25, -0.2) is 0 Å². The summed E-state index contributed by atoms with van der Waals surface area (Å²) >= 11 is 4.88. The maximum atomic E-state index is 12.4. The third kappa shape index (κ3) is 3.59. The van der Waals surface area contributed by atoms with Crippen LogP contribution in [-0.2, 0) is 6.54 Å². The molecular weight excluding hydrogens is 358 g/mol. The Hall–Kier alpha value is -1.93. The number of nitro groups is 1. The Kier molecular flexibility index (Phi) is 4.59. The van der Waals surface area contributed by atoms with Crippen molar-refractivity contribution in [3.8, 4) is 0 Å². The molecule has 0 radical (unpaired) electrons. The largest absolute Gasteiger partial charge is 0.398 e. The fourth-order valence-corrected chi connectivity index (χ4v) is 3.29. The minimum atomic E-state index is -0.549. The fraction of sp³-hybridized carbons (Fsp3) is 0.154. The van der Waals surface area contributed by atoms with Crippen molar-refractivity contribution in [2.24, 2.45) is 0 Å². The van der Waals surface area contributed by atoms with Crippen LogP contribution in [0.3, 0.4) is 0 Å². The maximum Gasteiger partial charge on any atom is 0.270 e. The van der Waals surface area contributed by atoms with Gasteiger partial charge in [0, 0.05) is 39.6 Å². The summed E-state index contributed by atoms with van der Waals surface area (Å²) in [6.07, 6.45) is 0. The summed E-state index contributed by atoms with van der Waals surface area (Å²) in [6, 6.07) is 5.78. The summed E-state index contributed by atoms with van der Waals surface area (Å²) in [5.41, 5.74) is 5.97. The second kappa shape index (κ2) is 6.23. The van der Waals surface area contributed by atoms with E-state index in [1.165, 1.54) is 34.4 Å². The topological polar surface area (TPSA) is 89.5 Å². The zero-order chi connectivity index (χ0) is 15.6. The van der Waals surface area contributed by atoms with Crippen molar-refractivity contribution in [3.63, 3.8) is 0 Å². The lowest BCUT2D eigenvalue weighted by molar-refractivity contribution is -0.384. The molecule has 110 valence electrons. The summed E-state index contributed by atoms with van der Waals surface area (Å²) in [5.74, 6) is -0.347. The van der Waals surface area contributed by atoms with Gasteiger partial charge < -0.3 is 10.6 Å². The van der Waals surface area contributed by atoms with Crippen LogP contribution in [0.5, 0.6) is 0 Å². The molecule has 1 amide bonds. The summed E-state index contributed by atoms with van der Waals surface area (Å²) in [7, 11) is 1.63. The molecule has 2 aromatic rings. The minimum absolute atomic E-state index is 0.141. The first-order chi connectivity index (χ1) is 9.88. The van der Waals surface area contributed by atoms with Crippen molar-refractivity contribution in [2.45, 2.75) is 6.54 Å². The van der Waals surface area contributed by atoms with Gasteiger partial charge in [-0.1, -0.05) is 0 Å². The normalized spacial score (nSPS) is 10.4. The van der Waals surface area contributed by atoms with Crippen LogP contribution in [-0.4, -0.2) is 22.8 Å². The van der Waals surface area contributed by atoms with Crippen molar-refractivity contribution >= 4 is 44.5 Å². The number of carbonyl (C=O) groups excluding carboxylic acids is 1. The Morgan fingerprint density at radius 3 is 2.76 bits per heavy atom. The molecule has 0 unspecified atom stereocenters. The Balaban J connectivity index is 2.22. The molecule has 0 spiro atoms. The van der Waals surface area contributed by atoms with E-state index in [1.54, 1.807) is 7.05 Å². The zero-order valence-corrected chi connectivity index (χ0v) is 13.5. The molecule has 1 aromatic carbocycles. The van der Waals surface area contributed by atoms with E-state index in [0.29, 0.717) is 6.54 Å². The number of nitro benzene ring substituents is 1. The number of anilines is 1.